The summed E-state index contributed by atoms with van der Waals surface area (Å²) in [6.45, 7) is 1.14. The van der Waals surface area contributed by atoms with Gasteiger partial charge in [0.1, 0.15) is 0 Å². The first kappa shape index (κ1) is 15.1. The number of nitrogens with zero attached hydrogens (tertiary/aromatic N) is 4. The summed E-state index contributed by atoms with van der Waals surface area (Å²) in [4.78, 5) is 31.5. The number of fused-ring (bicyclic) bond motifs is 1. The summed E-state index contributed by atoms with van der Waals surface area (Å²) < 4.78 is 1.74. The number of aromatic amines is 1. The second-order valence-electron chi connectivity index (χ2n) is 6.70. The first-order chi connectivity index (χ1) is 11.6. The van der Waals surface area contributed by atoms with E-state index >= 15 is 0 Å². The monoisotopic (exact) mass is 327 g/mol. The molecule has 2 aliphatic rings. The number of amides is 1. The van der Waals surface area contributed by atoms with Gasteiger partial charge in [-0.2, -0.15) is 5.10 Å². The predicted octanol–water partition coefficient (Wildman–Crippen LogP) is 1.37. The Morgan fingerprint density at radius 1 is 1.29 bits per heavy atom. The van der Waals surface area contributed by atoms with Gasteiger partial charge >= 0.3 is 0 Å². The number of aryl methyl sites for hydroxylation is 2. The molecule has 1 aliphatic heterocycles. The van der Waals surface area contributed by atoms with Gasteiger partial charge in [-0.3, -0.25) is 14.7 Å². The minimum atomic E-state index is -0.184. The molecule has 2 aromatic heterocycles. The molecule has 7 nitrogen and oxygen atoms in total. The number of aromatic nitrogens is 4. The van der Waals surface area contributed by atoms with Crippen molar-refractivity contribution in [3.63, 3.8) is 0 Å². The Morgan fingerprint density at radius 3 is 2.96 bits per heavy atom. The second kappa shape index (κ2) is 5.89. The maximum atomic E-state index is 12.9. The van der Waals surface area contributed by atoms with Crippen LogP contribution in [-0.2, 0) is 19.9 Å². The Bertz CT molecular complexity index is 791. The molecule has 1 saturated heterocycles. The smallest absolute Gasteiger partial charge is 0.274 e. The normalized spacial score (nSPS) is 20.2. The van der Waals surface area contributed by atoms with Gasteiger partial charge in [-0.05, 0) is 32.1 Å². The summed E-state index contributed by atoms with van der Waals surface area (Å²) >= 11 is 0. The molecule has 1 N–H and O–H groups in total. The van der Waals surface area contributed by atoms with Crippen LogP contribution in [0.1, 0.15) is 51.6 Å². The molecule has 0 saturated carbocycles. The van der Waals surface area contributed by atoms with E-state index in [2.05, 4.69) is 15.2 Å². The number of ketones is 1. The second-order valence-corrected chi connectivity index (χ2v) is 6.70. The Labute approximate surface area is 140 Å². The topological polar surface area (TPSA) is 83.9 Å². The van der Waals surface area contributed by atoms with E-state index in [0.29, 0.717) is 24.6 Å². The van der Waals surface area contributed by atoms with E-state index < -0.39 is 0 Å². The van der Waals surface area contributed by atoms with Gasteiger partial charge in [-0.15, -0.1) is 0 Å². The standard InChI is InChI=1S/C17H21N5O2/c1-21-9-7-18-16(21)15(23)11-4-3-8-22(10-11)17(24)14-12-5-2-6-13(12)19-20-14/h7,9,11H,2-6,8,10H2,1H3,(H,19,20). The molecular weight excluding hydrogens is 306 g/mol. The maximum absolute atomic E-state index is 12.9. The fraction of sp³-hybridized carbons (Fsp3) is 0.529. The van der Waals surface area contributed by atoms with Crippen molar-refractivity contribution in [2.75, 3.05) is 13.1 Å². The van der Waals surface area contributed by atoms with Crippen molar-refractivity contribution in [2.24, 2.45) is 13.0 Å². The van der Waals surface area contributed by atoms with Crippen LogP contribution in [0, 0.1) is 5.92 Å². The van der Waals surface area contributed by atoms with Crippen molar-refractivity contribution in [1.29, 1.82) is 0 Å². The number of carbonyl (C=O) groups is 2. The lowest BCUT2D eigenvalue weighted by molar-refractivity contribution is 0.0627. The van der Waals surface area contributed by atoms with Crippen molar-refractivity contribution in [3.05, 3.63) is 35.2 Å². The van der Waals surface area contributed by atoms with Gasteiger partial charge in [0.2, 0.25) is 5.78 Å². The van der Waals surface area contributed by atoms with Crippen molar-refractivity contribution < 1.29 is 9.59 Å². The van der Waals surface area contributed by atoms with Gasteiger partial charge in [-0.25, -0.2) is 4.98 Å². The Kier molecular flexibility index (Phi) is 3.70. The lowest BCUT2D eigenvalue weighted by Crippen LogP contribution is -2.43. The minimum Gasteiger partial charge on any atom is -0.337 e. The van der Waals surface area contributed by atoms with Crippen molar-refractivity contribution in [2.45, 2.75) is 32.1 Å². The molecule has 1 amide bonds. The van der Waals surface area contributed by atoms with Gasteiger partial charge in [-0.1, -0.05) is 0 Å². The maximum Gasteiger partial charge on any atom is 0.274 e. The lowest BCUT2D eigenvalue weighted by Gasteiger charge is -2.31. The summed E-state index contributed by atoms with van der Waals surface area (Å²) in [6, 6.07) is 0. The number of H-pyrrole nitrogens is 1. The zero-order valence-electron chi connectivity index (χ0n) is 13.8. The van der Waals surface area contributed by atoms with E-state index in [1.54, 1.807) is 21.9 Å². The summed E-state index contributed by atoms with van der Waals surface area (Å²) in [5, 5.41) is 7.22. The molecule has 4 rings (SSSR count). The van der Waals surface area contributed by atoms with Crippen LogP contribution in [-0.4, -0.2) is 49.4 Å². The third-order valence-corrected chi connectivity index (χ3v) is 5.13. The van der Waals surface area contributed by atoms with Gasteiger partial charge in [0, 0.05) is 49.7 Å². The molecule has 0 spiro atoms. The average molecular weight is 327 g/mol. The molecule has 0 radical (unpaired) electrons. The molecule has 2 aromatic rings. The number of nitrogens with one attached hydrogen (secondary N) is 1. The van der Waals surface area contributed by atoms with E-state index in [1.165, 1.54) is 0 Å². The van der Waals surface area contributed by atoms with Crippen LogP contribution >= 0.6 is 0 Å². The van der Waals surface area contributed by atoms with Crippen LogP contribution in [0.15, 0.2) is 12.4 Å². The quantitative estimate of drug-likeness (QED) is 0.863. The molecule has 24 heavy (non-hydrogen) atoms. The largest absolute Gasteiger partial charge is 0.337 e. The van der Waals surface area contributed by atoms with Crippen LogP contribution in [0.5, 0.6) is 0 Å². The highest BCUT2D eigenvalue weighted by Gasteiger charge is 2.33. The van der Waals surface area contributed by atoms with Crippen LogP contribution in [0.25, 0.3) is 0 Å². The van der Waals surface area contributed by atoms with Gasteiger partial charge < -0.3 is 9.47 Å². The van der Waals surface area contributed by atoms with E-state index in [4.69, 9.17) is 0 Å². The molecule has 0 aromatic carbocycles. The number of likely N-dealkylation sites (tertiary alicyclic amines) is 1. The predicted molar refractivity (Wildman–Crippen MR) is 86.8 cm³/mol. The molecular formula is C17H21N5O2. The van der Waals surface area contributed by atoms with Crippen LogP contribution in [0.4, 0.5) is 0 Å². The van der Waals surface area contributed by atoms with Crippen LogP contribution in [0.2, 0.25) is 0 Å². The third-order valence-electron chi connectivity index (χ3n) is 5.13. The number of carbonyl (C=O) groups excluding carboxylic acids is 2. The Balaban J connectivity index is 1.51. The molecule has 3 heterocycles. The number of imidazole rings is 1. The minimum absolute atomic E-state index is 0.0206. The van der Waals surface area contributed by atoms with E-state index in [0.717, 1.165) is 43.4 Å². The number of hydrogen-bond donors (Lipinski definition) is 1. The molecule has 1 unspecified atom stereocenters. The van der Waals surface area contributed by atoms with Crippen molar-refractivity contribution in [1.82, 2.24) is 24.6 Å². The SMILES string of the molecule is Cn1ccnc1C(=O)C1CCCN(C(=O)c2n[nH]c3c2CCC3)C1. The zero-order chi connectivity index (χ0) is 16.7. The summed E-state index contributed by atoms with van der Waals surface area (Å²) in [5.41, 5.74) is 2.71. The fourth-order valence-corrected chi connectivity index (χ4v) is 3.81. The van der Waals surface area contributed by atoms with E-state index in [9.17, 15) is 9.59 Å². The summed E-state index contributed by atoms with van der Waals surface area (Å²) in [6.07, 6.45) is 7.99. The molecule has 1 aliphatic carbocycles. The van der Waals surface area contributed by atoms with Gasteiger partial charge in [0.25, 0.3) is 5.91 Å². The van der Waals surface area contributed by atoms with E-state index in [1.807, 2.05) is 7.05 Å². The molecule has 0 bridgehead atoms. The summed E-state index contributed by atoms with van der Waals surface area (Å²) in [7, 11) is 1.82. The van der Waals surface area contributed by atoms with Crippen LogP contribution < -0.4 is 0 Å². The molecule has 126 valence electrons. The number of piperidine rings is 1. The number of Topliss-reactive ketones (excluding diaryl/α,β-unsaturated/α-hetero) is 1. The lowest BCUT2D eigenvalue weighted by atomic mass is 9.93. The number of hydrogen-bond acceptors (Lipinski definition) is 4. The Morgan fingerprint density at radius 2 is 2.17 bits per heavy atom. The van der Waals surface area contributed by atoms with E-state index in [-0.39, 0.29) is 17.6 Å². The fourth-order valence-electron chi connectivity index (χ4n) is 3.81. The number of rotatable bonds is 3. The Hall–Kier alpha value is -2.44. The first-order valence-electron chi connectivity index (χ1n) is 8.52. The zero-order valence-corrected chi connectivity index (χ0v) is 13.8. The molecule has 1 atom stereocenters. The van der Waals surface area contributed by atoms with Crippen molar-refractivity contribution in [3.8, 4) is 0 Å². The van der Waals surface area contributed by atoms with Crippen molar-refractivity contribution >= 4 is 11.7 Å². The molecule has 1 fully saturated rings. The molecule has 7 heteroatoms. The average Bonchev–Trinajstić information content (AvgIpc) is 3.30. The third kappa shape index (κ3) is 2.44. The highest BCUT2D eigenvalue weighted by Crippen LogP contribution is 2.26. The first-order valence-corrected chi connectivity index (χ1v) is 8.52. The van der Waals surface area contributed by atoms with Crippen LogP contribution in [0.3, 0.4) is 0 Å². The van der Waals surface area contributed by atoms with Gasteiger partial charge in [0.05, 0.1) is 0 Å². The summed E-state index contributed by atoms with van der Waals surface area (Å²) in [5.74, 6) is 0.254. The van der Waals surface area contributed by atoms with Gasteiger partial charge in [0.15, 0.2) is 11.5 Å². The highest BCUT2D eigenvalue weighted by molar-refractivity contribution is 5.97. The highest BCUT2D eigenvalue weighted by atomic mass is 16.2.